The number of ether oxygens (including phenoxy) is 6. The maximum atomic E-state index is 14.5. The summed E-state index contributed by atoms with van der Waals surface area (Å²) in [5.41, 5.74) is 4.99. The maximum Gasteiger partial charge on any atom is 0.412 e. The Labute approximate surface area is 514 Å². The minimum Gasteiger partial charge on any atom is -0.495 e. The molecule has 1 saturated carbocycles. The summed E-state index contributed by atoms with van der Waals surface area (Å²) in [7, 11) is 4.50. The number of nitrogens with one attached hydrogen (secondary N) is 3. The van der Waals surface area contributed by atoms with Gasteiger partial charge in [0, 0.05) is 68.6 Å². The number of aromatic nitrogens is 1. The fraction of sp³-hybridized carbons (Fsp3) is 0.585. The molecule has 4 heterocycles. The van der Waals surface area contributed by atoms with Gasteiger partial charge in [-0.1, -0.05) is 68.7 Å². The van der Waals surface area contributed by atoms with Crippen molar-refractivity contribution in [3.8, 4) is 5.75 Å². The zero-order chi connectivity index (χ0) is 63.5. The van der Waals surface area contributed by atoms with E-state index in [2.05, 4.69) is 16.0 Å². The van der Waals surface area contributed by atoms with Crippen molar-refractivity contribution >= 4 is 81.3 Å². The monoisotopic (exact) mass is 1230 g/mol. The summed E-state index contributed by atoms with van der Waals surface area (Å²) < 4.78 is 35.5. The standard InChI is InChI=1S/C65H87ClN6O15/c1-37(2)46(33-45(73)19-11-12-26-63(5,6)87-60(78)41-17-14-18-41)59(77)71-48(20-15-27-68-61(67)79)50(74)32-44-23-22-42-31-43(24-25-47(42)69-44)70-62(80)85-54-34-55(75)72(8)49-29-40(30-51(82-9)57(49)66)28-38(3)16-13-21-53(83-10)65(81)35-52(84-56(76)36-65)39(4)58-64(54,7)86-58/h13,16,21-25,29-31,37,39,41,46,48,52-54,58,81H,11-12,14-15,17-20,26-28,32-36H2,1-10H3,(H,70,80)(H,71,77)(H3,67,68,79)/b21-13+,38-16+/t39-,46+,48+,52+,53-,54+,58+,64+,65-/m1/s1. The van der Waals surface area contributed by atoms with E-state index in [1.807, 2.05) is 47.6 Å². The summed E-state index contributed by atoms with van der Waals surface area (Å²) >= 11 is 6.86. The van der Waals surface area contributed by atoms with Crippen LogP contribution in [0.15, 0.2) is 66.3 Å². The molecular formula is C65H87ClN6O15. The highest BCUT2D eigenvalue weighted by Crippen LogP contribution is 2.50. The van der Waals surface area contributed by atoms with E-state index in [0.29, 0.717) is 65.8 Å². The number of Topliss-reactive ketones (excluding diaryl/α,β-unsaturated/α-hetero) is 2. The fourth-order valence-corrected chi connectivity index (χ4v) is 12.1. The molecule has 3 aromatic rings. The molecule has 1 aromatic heterocycles. The third-order valence-electron chi connectivity index (χ3n) is 17.4. The number of unbranched alkanes of at least 4 members (excludes halogenated alkanes) is 1. The minimum atomic E-state index is -1.63. The van der Waals surface area contributed by atoms with Crippen LogP contribution in [0.3, 0.4) is 0 Å². The molecule has 22 heteroatoms. The van der Waals surface area contributed by atoms with Crippen molar-refractivity contribution in [2.24, 2.45) is 29.4 Å². The van der Waals surface area contributed by atoms with Gasteiger partial charge in [-0.25, -0.2) is 9.59 Å². The number of fused-ring (bicyclic) bond motifs is 6. The van der Waals surface area contributed by atoms with Crippen molar-refractivity contribution in [2.45, 2.75) is 192 Å². The van der Waals surface area contributed by atoms with E-state index < -0.39 is 89.0 Å². The third kappa shape index (κ3) is 17.9. The Morgan fingerprint density at radius 2 is 1.77 bits per heavy atom. The van der Waals surface area contributed by atoms with Crippen LogP contribution in [0.25, 0.3) is 10.9 Å². The molecule has 6 N–H and O–H groups in total. The lowest BCUT2D eigenvalue weighted by atomic mass is 9.78. The number of rotatable bonds is 23. The van der Waals surface area contributed by atoms with Crippen LogP contribution in [0.5, 0.6) is 5.75 Å². The lowest BCUT2D eigenvalue weighted by Gasteiger charge is -2.41. The summed E-state index contributed by atoms with van der Waals surface area (Å²) in [5, 5.41) is 21.0. The Morgan fingerprint density at radius 3 is 2.45 bits per heavy atom. The van der Waals surface area contributed by atoms with E-state index in [4.69, 9.17) is 50.7 Å². The third-order valence-corrected chi connectivity index (χ3v) is 17.7. The number of hydrogen-bond acceptors (Lipinski definition) is 16. The van der Waals surface area contributed by atoms with Gasteiger partial charge in [-0.05, 0) is 127 Å². The number of anilines is 2. The van der Waals surface area contributed by atoms with Crippen molar-refractivity contribution < 1.29 is 71.9 Å². The molecule has 7 rings (SSSR count). The van der Waals surface area contributed by atoms with Gasteiger partial charge in [-0.2, -0.15) is 0 Å². The number of esters is 2. The van der Waals surface area contributed by atoms with Crippen molar-refractivity contribution in [1.82, 2.24) is 15.6 Å². The van der Waals surface area contributed by atoms with Gasteiger partial charge in [-0.15, -0.1) is 0 Å². The number of carbonyl (C=O) groups excluding carboxylic acids is 8. The first kappa shape index (κ1) is 67.6. The highest BCUT2D eigenvalue weighted by atomic mass is 35.5. The molecular weight excluding hydrogens is 1140 g/mol. The van der Waals surface area contributed by atoms with Gasteiger partial charge < -0.3 is 54.8 Å². The molecule has 2 saturated heterocycles. The largest absolute Gasteiger partial charge is 0.495 e. The van der Waals surface area contributed by atoms with Crippen LogP contribution in [-0.2, 0) is 65.3 Å². The number of methoxy groups -OCH3 is 2. The lowest BCUT2D eigenvalue weighted by Crippen LogP contribution is -2.53. The first-order chi connectivity index (χ1) is 41.1. The number of aliphatic hydroxyl groups is 1. The van der Waals surface area contributed by atoms with Gasteiger partial charge >= 0.3 is 24.1 Å². The number of urea groups is 1. The van der Waals surface area contributed by atoms with Gasteiger partial charge in [-0.3, -0.25) is 39.1 Å². The predicted molar refractivity (Wildman–Crippen MR) is 327 cm³/mol. The van der Waals surface area contributed by atoms with Crippen molar-refractivity contribution in [1.29, 1.82) is 0 Å². The molecule has 3 fully saturated rings. The Kier molecular flexibility index (Phi) is 22.8. The van der Waals surface area contributed by atoms with Crippen LogP contribution in [0.1, 0.15) is 143 Å². The van der Waals surface area contributed by atoms with Gasteiger partial charge in [0.15, 0.2) is 5.78 Å². The number of allylic oxidation sites excluding steroid dienone is 3. The molecule has 9 atom stereocenters. The highest BCUT2D eigenvalue weighted by Gasteiger charge is 2.64. The van der Waals surface area contributed by atoms with E-state index in [-0.39, 0.29) is 85.9 Å². The summed E-state index contributed by atoms with van der Waals surface area (Å²) in [6, 6.07) is 10.2. The molecule has 0 unspecified atom stereocenters. The van der Waals surface area contributed by atoms with Gasteiger partial charge in [0.25, 0.3) is 0 Å². The number of ketones is 2. The SMILES string of the molecule is COc1cc2cc(c1Cl)N(C)C(=O)C[C@H](OC(=O)Nc1ccc3nc(CC(=O)[C@H](CCCNC(N)=O)NC(=O)[C@@H](CC(=O)CCCCC(C)(C)OC(=O)C4CCC4)C(C)C)ccc3c1)[C@]1(C)O[C@H]1[C@H](C)[C@@H]1C[C@@](O)(CC(=O)O1)[C@H](OC)/C=C/C=C(\C)C2. The molecule has 87 heavy (non-hydrogen) atoms. The van der Waals surface area contributed by atoms with Crippen LogP contribution in [0, 0.1) is 23.7 Å². The number of carbonyl (C=O) groups is 8. The number of nitrogens with zero attached hydrogens (tertiary/aromatic N) is 2. The average molecular weight is 1230 g/mol. The Hall–Kier alpha value is -6.94. The van der Waals surface area contributed by atoms with E-state index in [1.165, 1.54) is 19.1 Å². The molecule has 21 nitrogen and oxygen atoms in total. The van der Waals surface area contributed by atoms with Crippen molar-refractivity contribution in [2.75, 3.05) is 38.0 Å². The molecule has 1 aliphatic carbocycles. The summed E-state index contributed by atoms with van der Waals surface area (Å²) in [4.78, 5) is 113. The second-order valence-electron chi connectivity index (χ2n) is 25.1. The Bertz CT molecular complexity index is 3110. The molecule has 474 valence electrons. The summed E-state index contributed by atoms with van der Waals surface area (Å²) in [5.74, 6) is -3.30. The smallest absolute Gasteiger partial charge is 0.412 e. The lowest BCUT2D eigenvalue weighted by molar-refractivity contribution is -0.187. The van der Waals surface area contributed by atoms with Crippen LogP contribution in [0.4, 0.5) is 21.0 Å². The van der Waals surface area contributed by atoms with E-state index in [9.17, 15) is 43.5 Å². The van der Waals surface area contributed by atoms with E-state index in [1.54, 1.807) is 68.6 Å². The number of primary amides is 1. The summed E-state index contributed by atoms with van der Waals surface area (Å²) in [6.07, 6.45) is 5.69. The number of hydrogen-bond donors (Lipinski definition) is 5. The number of benzene rings is 2. The maximum absolute atomic E-state index is 14.5. The van der Waals surface area contributed by atoms with Gasteiger partial charge in [0.1, 0.15) is 51.7 Å². The quantitative estimate of drug-likeness (QED) is 0.0256. The molecule has 2 aromatic carbocycles. The number of nitrogens with two attached hydrogens (primary N) is 1. The van der Waals surface area contributed by atoms with Crippen LogP contribution >= 0.6 is 11.6 Å². The first-order valence-electron chi connectivity index (χ1n) is 30.2. The molecule has 5 amide bonds. The molecule has 0 spiro atoms. The fourth-order valence-electron chi connectivity index (χ4n) is 11.8. The zero-order valence-corrected chi connectivity index (χ0v) is 52.6. The van der Waals surface area contributed by atoms with Gasteiger partial charge in [0.05, 0.1) is 55.6 Å². The van der Waals surface area contributed by atoms with Crippen LogP contribution < -0.4 is 31.3 Å². The second kappa shape index (κ2) is 29.4. The topological polar surface area (TPSA) is 294 Å². The highest BCUT2D eigenvalue weighted by molar-refractivity contribution is 6.35. The molecule has 4 aliphatic rings. The van der Waals surface area contributed by atoms with E-state index >= 15 is 0 Å². The Morgan fingerprint density at radius 1 is 1.02 bits per heavy atom. The molecule has 3 aliphatic heterocycles. The Balaban J connectivity index is 1.03. The molecule has 4 bridgehead atoms. The van der Waals surface area contributed by atoms with Crippen LogP contribution in [0.2, 0.25) is 5.02 Å². The van der Waals surface area contributed by atoms with E-state index in [0.717, 1.165) is 30.4 Å². The van der Waals surface area contributed by atoms with Crippen molar-refractivity contribution in [3.05, 3.63) is 82.5 Å². The van der Waals surface area contributed by atoms with Crippen molar-refractivity contribution in [3.63, 3.8) is 0 Å². The first-order valence-corrected chi connectivity index (χ1v) is 30.6. The molecule has 0 radical (unpaired) electrons. The second-order valence-corrected chi connectivity index (χ2v) is 25.5. The zero-order valence-electron chi connectivity index (χ0n) is 51.8. The number of amides is 5. The normalized spacial score (nSPS) is 25.1. The predicted octanol–water partition coefficient (Wildman–Crippen LogP) is 9.13. The minimum absolute atomic E-state index is 0.0119. The number of epoxide rings is 1. The summed E-state index contributed by atoms with van der Waals surface area (Å²) in [6.45, 7) is 13.1. The number of pyridine rings is 1. The average Bonchev–Trinajstić information content (AvgIpc) is 1.68. The number of halogens is 1. The van der Waals surface area contributed by atoms with Crippen LogP contribution in [-0.4, -0.2) is 133 Å². The van der Waals surface area contributed by atoms with Gasteiger partial charge in [0.2, 0.25) is 11.8 Å².